The fraction of sp³-hybridized carbons (Fsp3) is 0.500. The normalized spacial score (nSPS) is 9.85. The number of amidine groups is 1. The second kappa shape index (κ2) is 11.2. The third-order valence-electron chi connectivity index (χ3n) is 2.43. The van der Waals surface area contributed by atoms with Crippen LogP contribution in [0.25, 0.3) is 0 Å². The van der Waals surface area contributed by atoms with Crippen LogP contribution in [0.5, 0.6) is 5.75 Å². The van der Waals surface area contributed by atoms with Gasteiger partial charge in [0.1, 0.15) is 5.75 Å². The van der Waals surface area contributed by atoms with E-state index in [4.69, 9.17) is 25.4 Å². The van der Waals surface area contributed by atoms with E-state index in [0.29, 0.717) is 6.42 Å². The van der Waals surface area contributed by atoms with Crippen LogP contribution in [0, 0.1) is 5.41 Å². The molecule has 0 aliphatic carbocycles. The monoisotopic (exact) mass is 283 g/mol. The van der Waals surface area contributed by atoms with E-state index >= 15 is 0 Å². The summed E-state index contributed by atoms with van der Waals surface area (Å²) in [5, 5.41) is 10.0. The Morgan fingerprint density at radius 2 is 1.95 bits per heavy atom. The van der Waals surface area contributed by atoms with Crippen molar-refractivity contribution < 1.29 is 14.2 Å². The van der Waals surface area contributed by atoms with Crippen LogP contribution in [0.4, 0.5) is 0 Å². The molecule has 114 valence electrons. The number of likely N-dealkylation sites (N-methyl/N-ethyl adjacent to an activating group) is 1. The van der Waals surface area contributed by atoms with Gasteiger partial charge >= 0.3 is 0 Å². The van der Waals surface area contributed by atoms with Crippen molar-refractivity contribution in [1.82, 2.24) is 5.32 Å². The maximum atomic E-state index is 7.10. The van der Waals surface area contributed by atoms with Crippen molar-refractivity contribution in [2.45, 2.75) is 12.7 Å². The molecule has 1 aromatic rings. The minimum Gasteiger partial charge on any atom is -0.497 e. The number of ether oxygens (including phenoxy) is 3. The Morgan fingerprint density at radius 1 is 1.30 bits per heavy atom. The largest absolute Gasteiger partial charge is 0.497 e. The molecule has 0 saturated carbocycles. The van der Waals surface area contributed by atoms with Gasteiger partial charge in [-0.3, -0.25) is 5.41 Å². The molecule has 0 aliphatic heterocycles. The van der Waals surface area contributed by atoms with Crippen LogP contribution in [0.15, 0.2) is 24.3 Å². The maximum Gasteiger partial charge on any atom is 0.169 e. The highest BCUT2D eigenvalue weighted by molar-refractivity contribution is 5.79. The molecule has 0 aliphatic rings. The minimum absolute atomic E-state index is 0.111. The number of nitrogens with one attached hydrogen (secondary N) is 2. The average Bonchev–Trinajstić information content (AvgIpc) is 2.45. The lowest BCUT2D eigenvalue weighted by molar-refractivity contribution is -0.0978. The second-order valence-electron chi connectivity index (χ2n) is 4.01. The Labute approximate surface area is 120 Å². The van der Waals surface area contributed by atoms with Crippen molar-refractivity contribution >= 4 is 5.84 Å². The van der Waals surface area contributed by atoms with E-state index in [0.717, 1.165) is 17.9 Å². The number of methoxy groups -OCH3 is 3. The molecule has 4 N–H and O–H groups in total. The summed E-state index contributed by atoms with van der Waals surface area (Å²) in [6.45, 7) is 0.729. The van der Waals surface area contributed by atoms with Crippen LogP contribution < -0.4 is 15.8 Å². The van der Waals surface area contributed by atoms with Gasteiger partial charge in [-0.1, -0.05) is 12.1 Å². The van der Waals surface area contributed by atoms with E-state index in [2.05, 4.69) is 5.32 Å². The topological polar surface area (TPSA) is 89.6 Å². The quantitative estimate of drug-likeness (QED) is 0.394. The van der Waals surface area contributed by atoms with Gasteiger partial charge in [-0.25, -0.2) is 0 Å². The van der Waals surface area contributed by atoms with E-state index in [9.17, 15) is 0 Å². The molecule has 1 rings (SSSR count). The molecule has 0 amide bonds. The molecule has 6 heteroatoms. The zero-order chi connectivity index (χ0) is 15.4. The second-order valence-corrected chi connectivity index (χ2v) is 4.01. The molecule has 1 aromatic carbocycles. The van der Waals surface area contributed by atoms with Crippen LogP contribution in [0.3, 0.4) is 0 Å². The summed E-state index contributed by atoms with van der Waals surface area (Å²) in [5.74, 6) is 0.969. The standard InChI is InChI=1S/C9H12N2O.C5H13NO2/c1-12-8-4-2-3-7(5-8)6-9(10)11;1-6-4-5(7-2)8-3/h2-5H,6H2,1H3,(H3,10,11);5-6H,4H2,1-3H3. The first kappa shape index (κ1) is 18.4. The number of benzene rings is 1. The van der Waals surface area contributed by atoms with Crippen molar-refractivity contribution in [2.24, 2.45) is 5.73 Å². The van der Waals surface area contributed by atoms with Crippen LogP contribution in [-0.4, -0.2) is 47.0 Å². The molecule has 0 unspecified atom stereocenters. The summed E-state index contributed by atoms with van der Waals surface area (Å²) in [6, 6.07) is 7.55. The van der Waals surface area contributed by atoms with Crippen molar-refractivity contribution in [3.63, 3.8) is 0 Å². The first-order valence-electron chi connectivity index (χ1n) is 6.23. The molecule has 0 saturated heterocycles. The molecule has 0 bridgehead atoms. The zero-order valence-electron chi connectivity index (χ0n) is 12.6. The van der Waals surface area contributed by atoms with Crippen LogP contribution in [0.2, 0.25) is 0 Å². The van der Waals surface area contributed by atoms with E-state index < -0.39 is 0 Å². The van der Waals surface area contributed by atoms with Crippen molar-refractivity contribution in [3.8, 4) is 5.75 Å². The molecular weight excluding hydrogens is 258 g/mol. The minimum atomic E-state index is -0.111. The highest BCUT2D eigenvalue weighted by Gasteiger charge is 1.99. The molecule has 0 radical (unpaired) electrons. The Hall–Kier alpha value is -1.63. The molecule has 0 heterocycles. The third-order valence-corrected chi connectivity index (χ3v) is 2.43. The van der Waals surface area contributed by atoms with Gasteiger partial charge in [0.05, 0.1) is 12.9 Å². The Kier molecular flexibility index (Phi) is 10.3. The summed E-state index contributed by atoms with van der Waals surface area (Å²) in [4.78, 5) is 0. The zero-order valence-corrected chi connectivity index (χ0v) is 12.6. The fourth-order valence-electron chi connectivity index (χ4n) is 1.43. The van der Waals surface area contributed by atoms with E-state index in [1.165, 1.54) is 0 Å². The summed E-state index contributed by atoms with van der Waals surface area (Å²) in [5.41, 5.74) is 6.26. The third kappa shape index (κ3) is 8.47. The lowest BCUT2D eigenvalue weighted by Gasteiger charge is -2.11. The van der Waals surface area contributed by atoms with Gasteiger partial charge in [0.25, 0.3) is 0 Å². The van der Waals surface area contributed by atoms with E-state index in [1.807, 2.05) is 31.3 Å². The number of nitrogens with two attached hydrogens (primary N) is 1. The van der Waals surface area contributed by atoms with E-state index in [1.54, 1.807) is 21.3 Å². The van der Waals surface area contributed by atoms with Gasteiger partial charge in [-0.2, -0.15) is 0 Å². The van der Waals surface area contributed by atoms with Gasteiger partial charge < -0.3 is 25.3 Å². The number of hydrogen-bond acceptors (Lipinski definition) is 5. The molecule has 0 atom stereocenters. The van der Waals surface area contributed by atoms with Crippen molar-refractivity contribution in [3.05, 3.63) is 29.8 Å². The maximum absolute atomic E-state index is 7.10. The van der Waals surface area contributed by atoms with Gasteiger partial charge in [-0.05, 0) is 24.7 Å². The lowest BCUT2D eigenvalue weighted by Crippen LogP contribution is -2.26. The molecule has 0 spiro atoms. The summed E-state index contributed by atoms with van der Waals surface area (Å²) >= 11 is 0. The van der Waals surface area contributed by atoms with Gasteiger partial charge in [0, 0.05) is 27.2 Å². The lowest BCUT2D eigenvalue weighted by atomic mass is 10.1. The summed E-state index contributed by atoms with van der Waals surface area (Å²) in [6.07, 6.45) is 0.372. The SMILES string of the molecule is CNCC(OC)OC.COc1cccc(CC(=N)N)c1. The summed E-state index contributed by atoms with van der Waals surface area (Å²) < 4.78 is 14.7. The van der Waals surface area contributed by atoms with Crippen LogP contribution in [-0.2, 0) is 15.9 Å². The fourth-order valence-corrected chi connectivity index (χ4v) is 1.43. The molecule has 6 nitrogen and oxygen atoms in total. The molecular formula is C14H25N3O3. The van der Waals surface area contributed by atoms with E-state index in [-0.39, 0.29) is 12.1 Å². The van der Waals surface area contributed by atoms with Gasteiger partial charge in [-0.15, -0.1) is 0 Å². The Balaban J connectivity index is 0.000000396. The van der Waals surface area contributed by atoms with Crippen molar-refractivity contribution in [1.29, 1.82) is 5.41 Å². The predicted octanol–water partition coefficient (Wildman–Crippen LogP) is 0.998. The summed E-state index contributed by atoms with van der Waals surface area (Å²) in [7, 11) is 6.70. The Morgan fingerprint density at radius 3 is 2.35 bits per heavy atom. The number of rotatable bonds is 7. The smallest absolute Gasteiger partial charge is 0.169 e. The van der Waals surface area contributed by atoms with Crippen LogP contribution >= 0.6 is 0 Å². The number of hydrogen-bond donors (Lipinski definition) is 3. The molecule has 0 aromatic heterocycles. The predicted molar refractivity (Wildman–Crippen MR) is 80.3 cm³/mol. The average molecular weight is 283 g/mol. The first-order valence-corrected chi connectivity index (χ1v) is 6.23. The Bertz CT molecular complexity index is 382. The first-order chi connectivity index (χ1) is 9.57. The molecule has 20 heavy (non-hydrogen) atoms. The highest BCUT2D eigenvalue weighted by atomic mass is 16.7. The van der Waals surface area contributed by atoms with Crippen molar-refractivity contribution in [2.75, 3.05) is 34.9 Å². The van der Waals surface area contributed by atoms with Gasteiger partial charge in [0.2, 0.25) is 0 Å². The molecule has 0 fully saturated rings. The van der Waals surface area contributed by atoms with Crippen LogP contribution in [0.1, 0.15) is 5.56 Å². The van der Waals surface area contributed by atoms with Gasteiger partial charge in [0.15, 0.2) is 6.29 Å². The highest BCUT2D eigenvalue weighted by Crippen LogP contribution is 2.12.